The minimum Gasteiger partial charge on any atom is -0.508 e. The summed E-state index contributed by atoms with van der Waals surface area (Å²) in [5.41, 5.74) is 3.30. The smallest absolute Gasteiger partial charge is 0.262 e. The first-order valence-corrected chi connectivity index (χ1v) is 7.45. The molecule has 1 aromatic heterocycles. The summed E-state index contributed by atoms with van der Waals surface area (Å²) in [7, 11) is 0. The van der Waals surface area contributed by atoms with E-state index in [2.05, 4.69) is 15.3 Å². The Kier molecular flexibility index (Phi) is 2.89. The third kappa shape index (κ3) is 2.04. The molecule has 1 aliphatic heterocycles. The van der Waals surface area contributed by atoms with E-state index in [1.165, 1.54) is 5.82 Å². The van der Waals surface area contributed by atoms with Crippen molar-refractivity contribution in [3.8, 4) is 28.4 Å². The summed E-state index contributed by atoms with van der Waals surface area (Å²) in [5.74, 6) is 1.83. The van der Waals surface area contributed by atoms with Crippen LogP contribution in [0.4, 0.5) is 0 Å². The molecule has 2 aromatic carbocycles. The summed E-state index contributed by atoms with van der Waals surface area (Å²) in [4.78, 5) is 0. The molecule has 1 aliphatic rings. The molecule has 0 radical (unpaired) electrons. The number of rotatable bonds is 2. The van der Waals surface area contributed by atoms with E-state index in [1.807, 2.05) is 24.3 Å². The first-order valence-electron chi connectivity index (χ1n) is 7.45. The Bertz CT molecular complexity index is 750. The zero-order valence-corrected chi connectivity index (χ0v) is 12.1. The number of aromatic nitrogens is 2. The summed E-state index contributed by atoms with van der Waals surface area (Å²) in [6, 6.07) is 14.6. The minimum atomic E-state index is 0.277. The number of benzene rings is 2. The van der Waals surface area contributed by atoms with E-state index in [4.69, 9.17) is 0 Å². The average molecular weight is 293 g/mol. The molecule has 4 rings (SSSR count). The molecule has 2 heterocycles. The average Bonchev–Trinajstić information content (AvgIpc) is 3.12. The highest BCUT2D eigenvalue weighted by Crippen LogP contribution is 2.25. The molecule has 0 unspecified atom stereocenters. The molecule has 0 saturated carbocycles. The fraction of sp³-hybridized carbons (Fsp3) is 0.167. The number of hydrogen-bond acceptors (Lipinski definition) is 2. The molecule has 0 saturated heterocycles. The maximum atomic E-state index is 9.47. The van der Waals surface area contributed by atoms with Gasteiger partial charge in [-0.05, 0) is 55.0 Å². The zero-order chi connectivity index (χ0) is 15.1. The molecule has 3 aromatic rings. The largest absolute Gasteiger partial charge is 0.508 e. The fourth-order valence-corrected chi connectivity index (χ4v) is 3.14. The Morgan fingerprint density at radius 3 is 2.18 bits per heavy atom. The first kappa shape index (κ1) is 13.0. The Morgan fingerprint density at radius 1 is 0.864 bits per heavy atom. The van der Waals surface area contributed by atoms with Gasteiger partial charge in [-0.25, -0.2) is 4.57 Å². The van der Waals surface area contributed by atoms with Crippen LogP contribution in [0.5, 0.6) is 11.5 Å². The molecule has 22 heavy (non-hydrogen) atoms. The maximum absolute atomic E-state index is 9.47. The van der Waals surface area contributed by atoms with Gasteiger partial charge in [0.15, 0.2) is 5.69 Å². The molecule has 0 spiro atoms. The second-order valence-corrected chi connectivity index (χ2v) is 5.62. The highest BCUT2D eigenvalue weighted by atomic mass is 16.3. The molecule has 110 valence electrons. The van der Waals surface area contributed by atoms with Gasteiger partial charge in [0, 0.05) is 5.56 Å². The van der Waals surface area contributed by atoms with Gasteiger partial charge >= 0.3 is 0 Å². The lowest BCUT2D eigenvalue weighted by molar-refractivity contribution is -0.679. The van der Waals surface area contributed by atoms with Crippen molar-refractivity contribution in [3.05, 3.63) is 60.6 Å². The standard InChI is InChI=1S/C18H16N2O2/c21-15-7-3-13(4-8-15)17-12-20(18-2-1-11-19(17)18)14-5-9-16(22)10-6-14/h3-10,12H,1-2,11H2,(H-,21,22)/p+1. The van der Waals surface area contributed by atoms with Crippen LogP contribution in [-0.4, -0.2) is 14.8 Å². The molecule has 0 fully saturated rings. The number of phenols is 2. The second kappa shape index (κ2) is 4.91. The topological polar surface area (TPSA) is 49.3 Å². The van der Waals surface area contributed by atoms with Crippen molar-refractivity contribution in [3.63, 3.8) is 0 Å². The van der Waals surface area contributed by atoms with Crippen molar-refractivity contribution >= 4 is 0 Å². The summed E-state index contributed by atoms with van der Waals surface area (Å²) in [6.45, 7) is 1.01. The third-order valence-corrected chi connectivity index (χ3v) is 4.20. The van der Waals surface area contributed by atoms with Crippen LogP contribution in [0.25, 0.3) is 16.9 Å². The van der Waals surface area contributed by atoms with Gasteiger partial charge in [0.05, 0.1) is 13.0 Å². The van der Waals surface area contributed by atoms with Crippen LogP contribution in [0.3, 0.4) is 0 Å². The number of imidazole rings is 1. The number of aromatic hydroxyl groups is 2. The monoisotopic (exact) mass is 293 g/mol. The van der Waals surface area contributed by atoms with E-state index < -0.39 is 0 Å². The van der Waals surface area contributed by atoms with Gasteiger partial charge in [-0.1, -0.05) is 0 Å². The van der Waals surface area contributed by atoms with Crippen LogP contribution in [-0.2, 0) is 13.0 Å². The highest BCUT2D eigenvalue weighted by molar-refractivity contribution is 5.57. The molecular formula is C18H17N2O2+. The lowest BCUT2D eigenvalue weighted by Crippen LogP contribution is -2.33. The number of phenolic OH excluding ortho intramolecular Hbond substituents is 2. The van der Waals surface area contributed by atoms with E-state index >= 15 is 0 Å². The van der Waals surface area contributed by atoms with E-state index in [9.17, 15) is 10.2 Å². The summed E-state index contributed by atoms with van der Waals surface area (Å²) >= 11 is 0. The van der Waals surface area contributed by atoms with Crippen molar-refractivity contribution < 1.29 is 14.8 Å². The lowest BCUT2D eigenvalue weighted by atomic mass is 10.1. The molecule has 0 atom stereocenters. The van der Waals surface area contributed by atoms with E-state index in [0.29, 0.717) is 0 Å². The predicted molar refractivity (Wildman–Crippen MR) is 83.1 cm³/mol. The Balaban J connectivity index is 1.86. The van der Waals surface area contributed by atoms with Gasteiger partial charge < -0.3 is 10.2 Å². The molecule has 0 bridgehead atoms. The van der Waals surface area contributed by atoms with Crippen LogP contribution in [0.1, 0.15) is 12.2 Å². The minimum absolute atomic E-state index is 0.277. The quantitative estimate of drug-likeness (QED) is 0.714. The summed E-state index contributed by atoms with van der Waals surface area (Å²) in [5, 5.41) is 18.9. The normalized spacial score (nSPS) is 13.3. The van der Waals surface area contributed by atoms with Gasteiger partial charge in [0.1, 0.15) is 23.4 Å². The van der Waals surface area contributed by atoms with E-state index in [0.717, 1.165) is 36.3 Å². The molecule has 0 amide bonds. The van der Waals surface area contributed by atoms with Gasteiger partial charge in [-0.15, -0.1) is 0 Å². The summed E-state index contributed by atoms with van der Waals surface area (Å²) < 4.78 is 4.52. The fourth-order valence-electron chi connectivity index (χ4n) is 3.14. The molecule has 2 N–H and O–H groups in total. The molecular weight excluding hydrogens is 276 g/mol. The SMILES string of the molecule is Oc1ccc(-c2cn(-c3ccc(O)cc3)c3[n+]2CCC3)cc1. The molecule has 4 heteroatoms. The first-order chi connectivity index (χ1) is 10.7. The number of hydrogen-bond donors (Lipinski definition) is 2. The molecule has 4 nitrogen and oxygen atoms in total. The Labute approximate surface area is 128 Å². The van der Waals surface area contributed by atoms with Gasteiger partial charge in [0.25, 0.3) is 5.82 Å². The maximum Gasteiger partial charge on any atom is 0.262 e. The van der Waals surface area contributed by atoms with Gasteiger partial charge in [0.2, 0.25) is 0 Å². The lowest BCUT2D eigenvalue weighted by Gasteiger charge is -1.98. The number of fused-ring (bicyclic) bond motifs is 1. The van der Waals surface area contributed by atoms with E-state index in [1.54, 1.807) is 24.3 Å². The van der Waals surface area contributed by atoms with Crippen LogP contribution in [0.2, 0.25) is 0 Å². The Hall–Kier alpha value is -2.75. The second-order valence-electron chi connectivity index (χ2n) is 5.62. The van der Waals surface area contributed by atoms with Crippen molar-refractivity contribution in [1.82, 2.24) is 4.57 Å². The number of nitrogens with zero attached hydrogens (tertiary/aromatic N) is 2. The highest BCUT2D eigenvalue weighted by Gasteiger charge is 2.29. The van der Waals surface area contributed by atoms with Gasteiger partial charge in [-0.3, -0.25) is 0 Å². The van der Waals surface area contributed by atoms with Crippen molar-refractivity contribution in [1.29, 1.82) is 0 Å². The van der Waals surface area contributed by atoms with Crippen LogP contribution in [0.15, 0.2) is 54.7 Å². The third-order valence-electron chi connectivity index (χ3n) is 4.20. The zero-order valence-electron chi connectivity index (χ0n) is 12.1. The van der Waals surface area contributed by atoms with E-state index in [-0.39, 0.29) is 11.5 Å². The van der Waals surface area contributed by atoms with Crippen LogP contribution >= 0.6 is 0 Å². The predicted octanol–water partition coefficient (Wildman–Crippen LogP) is 2.79. The van der Waals surface area contributed by atoms with Crippen molar-refractivity contribution in [2.45, 2.75) is 19.4 Å². The van der Waals surface area contributed by atoms with Crippen LogP contribution < -0.4 is 4.57 Å². The van der Waals surface area contributed by atoms with Crippen molar-refractivity contribution in [2.75, 3.05) is 0 Å². The molecule has 0 aliphatic carbocycles. The Morgan fingerprint density at radius 2 is 1.50 bits per heavy atom. The summed E-state index contributed by atoms with van der Waals surface area (Å²) in [6.07, 6.45) is 4.31. The van der Waals surface area contributed by atoms with Gasteiger partial charge in [-0.2, -0.15) is 4.57 Å². The van der Waals surface area contributed by atoms with Crippen molar-refractivity contribution in [2.24, 2.45) is 0 Å². The van der Waals surface area contributed by atoms with Crippen LogP contribution in [0, 0.1) is 0 Å².